The van der Waals surface area contributed by atoms with Gasteiger partial charge in [-0.3, -0.25) is 4.99 Å². The van der Waals surface area contributed by atoms with Crippen molar-refractivity contribution in [1.29, 1.82) is 0 Å². The Morgan fingerprint density at radius 3 is 2.29 bits per heavy atom. The van der Waals surface area contributed by atoms with Crippen molar-refractivity contribution in [3.8, 4) is 0 Å². The number of unbranched alkanes of at least 4 members (excludes halogenated alkanes) is 2. The van der Waals surface area contributed by atoms with Crippen molar-refractivity contribution >= 4 is 29.9 Å². The summed E-state index contributed by atoms with van der Waals surface area (Å²) in [6.45, 7) is 11.9. The van der Waals surface area contributed by atoms with E-state index in [-0.39, 0.29) is 24.0 Å². The largest absolute Gasteiger partial charge is 0.382 e. The Balaban J connectivity index is 0.00000529. The second-order valence-electron chi connectivity index (χ2n) is 6.56. The first-order valence-corrected chi connectivity index (χ1v) is 9.50. The minimum Gasteiger partial charge on any atom is -0.382 e. The van der Waals surface area contributed by atoms with Crippen molar-refractivity contribution in [2.24, 2.45) is 10.9 Å². The van der Waals surface area contributed by atoms with Gasteiger partial charge in [-0.1, -0.05) is 6.92 Å². The van der Waals surface area contributed by atoms with Crippen LogP contribution >= 0.6 is 24.0 Å². The van der Waals surface area contributed by atoms with Gasteiger partial charge in [-0.15, -0.1) is 24.0 Å². The minimum absolute atomic E-state index is 0. The van der Waals surface area contributed by atoms with Gasteiger partial charge < -0.3 is 20.3 Å². The van der Waals surface area contributed by atoms with Crippen LogP contribution in [0.25, 0.3) is 0 Å². The molecule has 0 atom stereocenters. The van der Waals surface area contributed by atoms with Crippen LogP contribution in [0.1, 0.15) is 52.4 Å². The molecule has 0 aromatic rings. The third-order valence-corrected chi connectivity index (χ3v) is 4.51. The second-order valence-corrected chi connectivity index (χ2v) is 6.56. The zero-order valence-electron chi connectivity index (χ0n) is 16.0. The summed E-state index contributed by atoms with van der Waals surface area (Å²) in [4.78, 5) is 6.89. The van der Waals surface area contributed by atoms with Crippen molar-refractivity contribution in [1.82, 2.24) is 15.5 Å². The number of hydrogen-bond donors (Lipinski definition) is 2. The first-order valence-electron chi connectivity index (χ1n) is 9.50. The molecule has 0 spiro atoms. The summed E-state index contributed by atoms with van der Waals surface area (Å²) in [6, 6.07) is 0. The summed E-state index contributed by atoms with van der Waals surface area (Å²) >= 11 is 0. The lowest BCUT2D eigenvalue weighted by molar-refractivity contribution is 0.143. The predicted octanol–water partition coefficient (Wildman–Crippen LogP) is 3.10. The van der Waals surface area contributed by atoms with E-state index < -0.39 is 0 Å². The SMILES string of the molecule is CCOCCCCNC(=NC)NCCCCN1CCC(C)CC1.I. The highest BCUT2D eigenvalue weighted by Gasteiger charge is 2.14. The third-order valence-electron chi connectivity index (χ3n) is 4.51. The molecule has 144 valence electrons. The fourth-order valence-electron chi connectivity index (χ4n) is 2.85. The quantitative estimate of drug-likeness (QED) is 0.218. The van der Waals surface area contributed by atoms with E-state index in [1.54, 1.807) is 0 Å². The summed E-state index contributed by atoms with van der Waals surface area (Å²) in [5.41, 5.74) is 0. The molecule has 0 unspecified atom stereocenters. The number of piperidine rings is 1. The molecule has 2 N–H and O–H groups in total. The van der Waals surface area contributed by atoms with E-state index in [1.165, 1.54) is 45.3 Å². The number of ether oxygens (including phenoxy) is 1. The maximum absolute atomic E-state index is 5.34. The second kappa shape index (κ2) is 16.4. The van der Waals surface area contributed by atoms with Gasteiger partial charge in [-0.25, -0.2) is 0 Å². The Labute approximate surface area is 166 Å². The van der Waals surface area contributed by atoms with E-state index in [1.807, 2.05) is 14.0 Å². The Kier molecular flexibility index (Phi) is 16.3. The molecule has 0 saturated carbocycles. The molecule has 1 fully saturated rings. The highest BCUT2D eigenvalue weighted by atomic mass is 127. The van der Waals surface area contributed by atoms with Crippen LogP contribution in [0.15, 0.2) is 4.99 Å². The average molecular weight is 454 g/mol. The summed E-state index contributed by atoms with van der Waals surface area (Å²) < 4.78 is 5.34. The molecular weight excluding hydrogens is 415 g/mol. The van der Waals surface area contributed by atoms with Crippen LogP contribution < -0.4 is 10.6 Å². The van der Waals surface area contributed by atoms with Gasteiger partial charge in [0.1, 0.15) is 0 Å². The Morgan fingerprint density at radius 2 is 1.71 bits per heavy atom. The molecule has 1 aliphatic heterocycles. The summed E-state index contributed by atoms with van der Waals surface area (Å²) in [5.74, 6) is 1.85. The fourth-order valence-corrected chi connectivity index (χ4v) is 2.85. The normalized spacial score (nSPS) is 16.7. The molecule has 0 aliphatic carbocycles. The van der Waals surface area contributed by atoms with E-state index in [0.29, 0.717) is 0 Å². The summed E-state index contributed by atoms with van der Waals surface area (Å²) in [6.07, 6.45) is 7.44. The van der Waals surface area contributed by atoms with Gasteiger partial charge in [-0.2, -0.15) is 0 Å². The monoisotopic (exact) mass is 454 g/mol. The Bertz CT molecular complexity index is 307. The van der Waals surface area contributed by atoms with Gasteiger partial charge in [0.25, 0.3) is 0 Å². The molecule has 1 heterocycles. The number of halogens is 1. The van der Waals surface area contributed by atoms with Gasteiger partial charge >= 0.3 is 0 Å². The van der Waals surface area contributed by atoms with Crippen molar-refractivity contribution < 1.29 is 4.74 Å². The third kappa shape index (κ3) is 12.3. The number of likely N-dealkylation sites (tertiary alicyclic amines) is 1. The Hall–Kier alpha value is -0.0800. The lowest BCUT2D eigenvalue weighted by Crippen LogP contribution is -2.38. The minimum atomic E-state index is 0. The van der Waals surface area contributed by atoms with E-state index in [2.05, 4.69) is 27.4 Å². The smallest absolute Gasteiger partial charge is 0.190 e. The van der Waals surface area contributed by atoms with Crippen LogP contribution in [0.5, 0.6) is 0 Å². The molecule has 5 nitrogen and oxygen atoms in total. The van der Waals surface area contributed by atoms with Crippen LogP contribution in [0.2, 0.25) is 0 Å². The average Bonchev–Trinajstić information content (AvgIpc) is 2.57. The summed E-state index contributed by atoms with van der Waals surface area (Å²) in [7, 11) is 1.84. The lowest BCUT2D eigenvalue weighted by Gasteiger charge is -2.30. The van der Waals surface area contributed by atoms with Crippen molar-refractivity contribution in [3.05, 3.63) is 0 Å². The van der Waals surface area contributed by atoms with Crippen LogP contribution in [-0.4, -0.2) is 63.8 Å². The van der Waals surface area contributed by atoms with Gasteiger partial charge in [0.2, 0.25) is 0 Å². The number of nitrogens with zero attached hydrogens (tertiary/aromatic N) is 2. The molecule has 0 amide bonds. The molecule has 6 heteroatoms. The molecule has 1 rings (SSSR count). The highest BCUT2D eigenvalue weighted by molar-refractivity contribution is 14.0. The molecule has 0 radical (unpaired) electrons. The van der Waals surface area contributed by atoms with E-state index in [0.717, 1.165) is 51.0 Å². The zero-order valence-corrected chi connectivity index (χ0v) is 18.3. The predicted molar refractivity (Wildman–Crippen MR) is 115 cm³/mol. The first-order chi connectivity index (χ1) is 11.3. The lowest BCUT2D eigenvalue weighted by atomic mass is 9.99. The van der Waals surface area contributed by atoms with E-state index in [9.17, 15) is 0 Å². The van der Waals surface area contributed by atoms with Gasteiger partial charge in [0.15, 0.2) is 5.96 Å². The van der Waals surface area contributed by atoms with Crippen molar-refractivity contribution in [2.75, 3.05) is 53.0 Å². The van der Waals surface area contributed by atoms with Crippen LogP contribution in [0, 0.1) is 5.92 Å². The fraction of sp³-hybridized carbons (Fsp3) is 0.944. The number of aliphatic imine (C=N–C) groups is 1. The zero-order chi connectivity index (χ0) is 16.8. The van der Waals surface area contributed by atoms with Crippen LogP contribution in [-0.2, 0) is 4.74 Å². The molecule has 0 bridgehead atoms. The Morgan fingerprint density at radius 1 is 1.08 bits per heavy atom. The van der Waals surface area contributed by atoms with Crippen molar-refractivity contribution in [3.63, 3.8) is 0 Å². The maximum atomic E-state index is 5.34. The summed E-state index contributed by atoms with van der Waals surface area (Å²) in [5, 5.41) is 6.77. The molecule has 1 aliphatic rings. The van der Waals surface area contributed by atoms with Gasteiger partial charge in [0, 0.05) is 33.4 Å². The van der Waals surface area contributed by atoms with Gasteiger partial charge in [-0.05, 0) is 71.0 Å². The molecule has 0 aromatic heterocycles. The van der Waals surface area contributed by atoms with Crippen LogP contribution in [0.3, 0.4) is 0 Å². The molecular formula is C18H39IN4O. The molecule has 1 saturated heterocycles. The van der Waals surface area contributed by atoms with Gasteiger partial charge in [0.05, 0.1) is 0 Å². The maximum Gasteiger partial charge on any atom is 0.190 e. The highest BCUT2D eigenvalue weighted by Crippen LogP contribution is 2.15. The number of rotatable bonds is 11. The topological polar surface area (TPSA) is 48.9 Å². The molecule has 0 aromatic carbocycles. The van der Waals surface area contributed by atoms with E-state index in [4.69, 9.17) is 4.74 Å². The number of nitrogens with one attached hydrogen (secondary N) is 2. The van der Waals surface area contributed by atoms with E-state index >= 15 is 0 Å². The first kappa shape index (κ1) is 23.9. The van der Waals surface area contributed by atoms with Crippen LogP contribution in [0.4, 0.5) is 0 Å². The number of hydrogen-bond acceptors (Lipinski definition) is 3. The van der Waals surface area contributed by atoms with Crippen molar-refractivity contribution in [2.45, 2.75) is 52.4 Å². The number of guanidine groups is 1. The standard InChI is InChI=1S/C18H38N4O.HI/c1-4-23-16-8-6-12-21-18(19-3)20-11-5-7-13-22-14-9-17(2)10-15-22;/h17H,4-16H2,1-3H3,(H2,19,20,21);1H. The molecule has 24 heavy (non-hydrogen) atoms.